The van der Waals surface area contributed by atoms with Gasteiger partial charge >= 0.3 is 0 Å². The van der Waals surface area contributed by atoms with Crippen LogP contribution in [0.2, 0.25) is 0 Å². The van der Waals surface area contributed by atoms with Crippen LogP contribution in [0.25, 0.3) is 17.1 Å². The summed E-state index contributed by atoms with van der Waals surface area (Å²) in [6.07, 6.45) is 7.67. The molecule has 7 heteroatoms. The summed E-state index contributed by atoms with van der Waals surface area (Å²) < 4.78 is 6.36. The summed E-state index contributed by atoms with van der Waals surface area (Å²) in [5.41, 5.74) is 4.39. The standard InChI is InChI=1S/C24H22N6O/c1-14-7-17(5-4-6-25)8-15(2)19(14)31-21-18-16(3)9-27-20(18)28-22(29-21)30-24-10-23(11-24,12-24)13-26/h4-5,7-9H,10-12H2,1-3H3,(H2,27,28,29,30)/b5-4+. The molecule has 0 aliphatic heterocycles. The molecule has 3 saturated carbocycles. The van der Waals surface area contributed by atoms with Crippen LogP contribution in [0.3, 0.4) is 0 Å². The Morgan fingerprint density at radius 1 is 1.10 bits per heavy atom. The number of rotatable bonds is 5. The number of aryl methyl sites for hydroxylation is 3. The Balaban J connectivity index is 1.50. The maximum atomic E-state index is 9.28. The highest BCUT2D eigenvalue weighted by Gasteiger charge is 2.69. The number of nitrogens with one attached hydrogen (secondary N) is 2. The fraction of sp³-hybridized carbons (Fsp3) is 0.333. The SMILES string of the molecule is Cc1cc(/C=C/C#N)cc(C)c1Oc1nc(NC23CC(C#N)(C2)C3)nc2[nH]cc(C)c12. The highest BCUT2D eigenvalue weighted by Crippen LogP contribution is 2.67. The predicted molar refractivity (Wildman–Crippen MR) is 118 cm³/mol. The molecular weight excluding hydrogens is 388 g/mol. The number of hydrogen-bond donors (Lipinski definition) is 2. The van der Waals surface area contributed by atoms with E-state index in [2.05, 4.69) is 21.4 Å². The second-order valence-electron chi connectivity index (χ2n) is 8.92. The summed E-state index contributed by atoms with van der Waals surface area (Å²) in [7, 11) is 0. The van der Waals surface area contributed by atoms with Crippen molar-refractivity contribution in [3.05, 3.63) is 46.7 Å². The predicted octanol–water partition coefficient (Wildman–Crippen LogP) is 5.07. The van der Waals surface area contributed by atoms with Gasteiger partial charge in [0.15, 0.2) is 0 Å². The molecule has 3 aliphatic rings. The van der Waals surface area contributed by atoms with E-state index >= 15 is 0 Å². The summed E-state index contributed by atoms with van der Waals surface area (Å²) in [5, 5.41) is 22.4. The maximum absolute atomic E-state index is 9.28. The molecule has 3 fully saturated rings. The fourth-order valence-electron chi connectivity index (χ4n) is 5.03. The van der Waals surface area contributed by atoms with Gasteiger partial charge in [-0.1, -0.05) is 0 Å². The average molecular weight is 410 g/mol. The fourth-order valence-corrected chi connectivity index (χ4v) is 5.03. The van der Waals surface area contributed by atoms with Gasteiger partial charge in [-0.15, -0.1) is 0 Å². The zero-order valence-corrected chi connectivity index (χ0v) is 17.7. The number of anilines is 1. The lowest BCUT2D eigenvalue weighted by atomic mass is 9.40. The number of allylic oxidation sites excluding steroid dienone is 1. The van der Waals surface area contributed by atoms with Gasteiger partial charge in [0.1, 0.15) is 11.4 Å². The Bertz CT molecular complexity index is 1290. The summed E-state index contributed by atoms with van der Waals surface area (Å²) in [6, 6.07) is 8.42. The molecule has 0 amide bonds. The van der Waals surface area contributed by atoms with E-state index in [0.717, 1.165) is 58.3 Å². The monoisotopic (exact) mass is 410 g/mol. The lowest BCUT2D eigenvalue weighted by Gasteiger charge is -2.66. The number of nitriles is 2. The summed E-state index contributed by atoms with van der Waals surface area (Å²) in [5.74, 6) is 1.76. The van der Waals surface area contributed by atoms with Crippen molar-refractivity contribution < 1.29 is 4.74 Å². The molecule has 3 aromatic rings. The van der Waals surface area contributed by atoms with Crippen LogP contribution in [0.4, 0.5) is 5.95 Å². The van der Waals surface area contributed by atoms with E-state index < -0.39 is 0 Å². The second kappa shape index (κ2) is 6.58. The molecule has 154 valence electrons. The van der Waals surface area contributed by atoms with E-state index in [1.807, 2.05) is 45.2 Å². The minimum absolute atomic E-state index is 0.0666. The third-order valence-corrected chi connectivity index (χ3v) is 6.37. The summed E-state index contributed by atoms with van der Waals surface area (Å²) >= 11 is 0. The topological polar surface area (TPSA) is 110 Å². The Labute approximate surface area is 180 Å². The first-order valence-corrected chi connectivity index (χ1v) is 10.3. The Morgan fingerprint density at radius 2 is 1.81 bits per heavy atom. The maximum Gasteiger partial charge on any atom is 0.233 e. The van der Waals surface area contributed by atoms with Crippen LogP contribution < -0.4 is 10.1 Å². The normalized spacial score (nSPS) is 23.6. The first-order chi connectivity index (χ1) is 14.9. The van der Waals surface area contributed by atoms with Gasteiger partial charge in [0.05, 0.1) is 22.9 Å². The van der Waals surface area contributed by atoms with Crippen molar-refractivity contribution in [3.8, 4) is 23.8 Å². The zero-order valence-electron chi connectivity index (χ0n) is 17.7. The van der Waals surface area contributed by atoms with Crippen molar-refractivity contribution in [1.29, 1.82) is 10.5 Å². The lowest BCUT2D eigenvalue weighted by Crippen LogP contribution is -2.70. The number of fused-ring (bicyclic) bond motifs is 1. The van der Waals surface area contributed by atoms with Crippen LogP contribution in [0, 0.1) is 48.8 Å². The molecule has 3 aliphatic carbocycles. The van der Waals surface area contributed by atoms with Crippen molar-refractivity contribution >= 4 is 23.1 Å². The third-order valence-electron chi connectivity index (χ3n) is 6.37. The van der Waals surface area contributed by atoms with E-state index in [-0.39, 0.29) is 11.0 Å². The Hall–Kier alpha value is -3.84. The van der Waals surface area contributed by atoms with Gasteiger partial charge in [0.2, 0.25) is 11.8 Å². The molecule has 31 heavy (non-hydrogen) atoms. The number of hydrogen-bond acceptors (Lipinski definition) is 6. The number of ether oxygens (including phenoxy) is 1. The number of H-pyrrole nitrogens is 1. The molecule has 2 N–H and O–H groups in total. The molecule has 2 heterocycles. The number of aromatic amines is 1. The third kappa shape index (κ3) is 3.02. The van der Waals surface area contributed by atoms with Gasteiger partial charge in [-0.25, -0.2) is 0 Å². The minimum atomic E-state index is -0.143. The van der Waals surface area contributed by atoms with Crippen molar-refractivity contribution in [3.63, 3.8) is 0 Å². The Kier molecular flexibility index (Phi) is 4.06. The van der Waals surface area contributed by atoms with Crippen molar-refractivity contribution in [2.45, 2.75) is 45.6 Å². The van der Waals surface area contributed by atoms with Gasteiger partial charge in [-0.05, 0) is 80.5 Å². The largest absolute Gasteiger partial charge is 0.438 e. The number of aromatic nitrogens is 3. The molecule has 0 saturated heterocycles. The first-order valence-electron chi connectivity index (χ1n) is 10.3. The smallest absolute Gasteiger partial charge is 0.233 e. The molecule has 0 spiro atoms. The molecule has 2 aromatic heterocycles. The van der Waals surface area contributed by atoms with E-state index in [1.54, 1.807) is 6.08 Å². The van der Waals surface area contributed by atoms with Gasteiger partial charge in [-0.2, -0.15) is 20.5 Å². The first kappa shape index (κ1) is 19.1. The molecule has 0 unspecified atom stereocenters. The van der Waals surface area contributed by atoms with Crippen LogP contribution in [-0.4, -0.2) is 20.5 Å². The molecule has 0 radical (unpaired) electrons. The lowest BCUT2D eigenvalue weighted by molar-refractivity contribution is -0.0665. The molecule has 7 nitrogen and oxygen atoms in total. The number of nitrogens with zero attached hydrogens (tertiary/aromatic N) is 4. The van der Waals surface area contributed by atoms with Gasteiger partial charge in [-0.3, -0.25) is 0 Å². The van der Waals surface area contributed by atoms with Gasteiger partial charge < -0.3 is 15.0 Å². The molecule has 1 aromatic carbocycles. The molecule has 2 bridgehead atoms. The van der Waals surface area contributed by atoms with Gasteiger partial charge in [0, 0.05) is 17.8 Å². The highest BCUT2D eigenvalue weighted by molar-refractivity contribution is 5.86. The summed E-state index contributed by atoms with van der Waals surface area (Å²) in [6.45, 7) is 5.96. The molecule has 0 atom stereocenters. The van der Waals surface area contributed by atoms with Gasteiger partial charge in [0.25, 0.3) is 0 Å². The van der Waals surface area contributed by atoms with Crippen molar-refractivity contribution in [1.82, 2.24) is 15.0 Å². The van der Waals surface area contributed by atoms with E-state index in [1.165, 1.54) is 6.08 Å². The van der Waals surface area contributed by atoms with Crippen LogP contribution in [0.5, 0.6) is 11.6 Å². The quantitative estimate of drug-likeness (QED) is 0.568. The van der Waals surface area contributed by atoms with Crippen LogP contribution in [0.15, 0.2) is 24.4 Å². The van der Waals surface area contributed by atoms with Crippen molar-refractivity contribution in [2.75, 3.05) is 5.32 Å². The number of benzene rings is 1. The van der Waals surface area contributed by atoms with E-state index in [0.29, 0.717) is 11.8 Å². The molecule has 6 rings (SSSR count). The average Bonchev–Trinajstić information content (AvgIpc) is 3.05. The summed E-state index contributed by atoms with van der Waals surface area (Å²) in [4.78, 5) is 12.6. The van der Waals surface area contributed by atoms with E-state index in [4.69, 9.17) is 15.0 Å². The molecular formula is C24H22N6O. The van der Waals surface area contributed by atoms with Crippen molar-refractivity contribution in [2.24, 2.45) is 5.41 Å². The second-order valence-corrected chi connectivity index (χ2v) is 8.92. The van der Waals surface area contributed by atoms with Crippen LogP contribution in [0.1, 0.15) is 41.5 Å². The van der Waals surface area contributed by atoms with Crippen LogP contribution in [-0.2, 0) is 0 Å². The Morgan fingerprint density at radius 3 is 2.45 bits per heavy atom. The van der Waals surface area contributed by atoms with E-state index in [9.17, 15) is 5.26 Å². The zero-order chi connectivity index (χ0) is 21.8. The minimum Gasteiger partial charge on any atom is -0.438 e. The van der Waals surface area contributed by atoms with Crippen LogP contribution >= 0.6 is 0 Å². The highest BCUT2D eigenvalue weighted by atomic mass is 16.5.